The van der Waals surface area contributed by atoms with Crippen LogP contribution < -0.4 is 14.8 Å². The van der Waals surface area contributed by atoms with Crippen LogP contribution in [0.3, 0.4) is 0 Å². The van der Waals surface area contributed by atoms with Gasteiger partial charge in [0.15, 0.2) is 17.6 Å². The number of fused-ring (bicyclic) bond motifs is 1. The van der Waals surface area contributed by atoms with Gasteiger partial charge in [-0.2, -0.15) is 0 Å². The molecule has 0 saturated carbocycles. The van der Waals surface area contributed by atoms with Crippen molar-refractivity contribution >= 4 is 27.7 Å². The quantitative estimate of drug-likeness (QED) is 0.587. The van der Waals surface area contributed by atoms with Crippen molar-refractivity contribution in [2.75, 3.05) is 25.8 Å². The van der Waals surface area contributed by atoms with Gasteiger partial charge < -0.3 is 29.2 Å². The number of anilines is 1. The third kappa shape index (κ3) is 4.67. The van der Waals surface area contributed by atoms with Crippen molar-refractivity contribution in [3.8, 4) is 17.2 Å². The smallest absolute Gasteiger partial charge is 0.412 e. The summed E-state index contributed by atoms with van der Waals surface area (Å²) in [5, 5.41) is 22.2. The van der Waals surface area contributed by atoms with Gasteiger partial charge in [0.1, 0.15) is 11.9 Å². The molecule has 0 saturated heterocycles. The Kier molecular flexibility index (Phi) is 6.61. The molecule has 0 aliphatic carbocycles. The van der Waals surface area contributed by atoms with E-state index < -0.39 is 18.3 Å². The molecule has 0 bridgehead atoms. The number of halogens is 1. The van der Waals surface area contributed by atoms with E-state index in [1.165, 1.54) is 13.2 Å². The molecule has 1 heterocycles. The number of rotatable bonds is 7. The highest BCUT2D eigenvalue weighted by atomic mass is 79.9. The second-order valence-electron chi connectivity index (χ2n) is 6.01. The Balaban J connectivity index is 1.80. The van der Waals surface area contributed by atoms with Gasteiger partial charge in [0, 0.05) is 41.9 Å². The number of nitrogens with one attached hydrogen (secondary N) is 1. The fourth-order valence-electron chi connectivity index (χ4n) is 2.85. The number of amides is 1. The van der Waals surface area contributed by atoms with E-state index in [1.807, 2.05) is 0 Å². The Morgan fingerprint density at radius 3 is 2.79 bits per heavy atom. The van der Waals surface area contributed by atoms with Gasteiger partial charge in [-0.1, -0.05) is 15.9 Å². The zero-order valence-corrected chi connectivity index (χ0v) is 16.6. The van der Waals surface area contributed by atoms with Gasteiger partial charge >= 0.3 is 6.09 Å². The number of methoxy groups -OCH3 is 1. The summed E-state index contributed by atoms with van der Waals surface area (Å²) in [7, 11) is 1.45. The van der Waals surface area contributed by atoms with Gasteiger partial charge in [0.25, 0.3) is 0 Å². The summed E-state index contributed by atoms with van der Waals surface area (Å²) in [6.07, 6.45) is -2.13. The maximum atomic E-state index is 12.5. The van der Waals surface area contributed by atoms with E-state index in [9.17, 15) is 15.0 Å². The minimum atomic E-state index is -0.941. The largest absolute Gasteiger partial charge is 0.508 e. The second-order valence-corrected chi connectivity index (χ2v) is 6.92. The Labute approximate surface area is 170 Å². The molecule has 1 amide bonds. The van der Waals surface area contributed by atoms with Crippen molar-refractivity contribution in [3.05, 3.63) is 46.4 Å². The molecule has 0 spiro atoms. The lowest BCUT2D eigenvalue weighted by Gasteiger charge is -2.26. The Morgan fingerprint density at radius 1 is 1.25 bits per heavy atom. The average Bonchev–Trinajstić information content (AvgIpc) is 3.14. The van der Waals surface area contributed by atoms with Crippen molar-refractivity contribution in [1.29, 1.82) is 0 Å². The number of hydrogen-bond donors (Lipinski definition) is 3. The molecule has 9 heteroatoms. The molecule has 28 heavy (non-hydrogen) atoms. The number of aromatic hydroxyl groups is 1. The van der Waals surface area contributed by atoms with Crippen LogP contribution in [0.4, 0.5) is 10.5 Å². The highest BCUT2D eigenvalue weighted by Gasteiger charge is 2.29. The van der Waals surface area contributed by atoms with Gasteiger partial charge in [-0.3, -0.25) is 5.32 Å². The summed E-state index contributed by atoms with van der Waals surface area (Å²) in [5.74, 6) is 1.07. The Bertz CT molecular complexity index is 845. The van der Waals surface area contributed by atoms with E-state index in [2.05, 4.69) is 21.2 Å². The number of ether oxygens (including phenoxy) is 4. The molecular weight excluding hydrogens is 434 g/mol. The fourth-order valence-corrected chi connectivity index (χ4v) is 3.23. The van der Waals surface area contributed by atoms with Gasteiger partial charge in [-0.25, -0.2) is 4.79 Å². The molecule has 0 unspecified atom stereocenters. The third-order valence-electron chi connectivity index (χ3n) is 4.20. The first-order valence-corrected chi connectivity index (χ1v) is 9.30. The number of aliphatic hydroxyl groups is 1. The predicted octanol–water partition coefficient (Wildman–Crippen LogP) is 3.57. The van der Waals surface area contributed by atoms with Crippen LogP contribution in [0.15, 0.2) is 40.9 Å². The number of phenolic OH excluding ortho intramolecular Hbond substituents is 1. The molecule has 0 fully saturated rings. The van der Waals surface area contributed by atoms with Gasteiger partial charge in [0.2, 0.25) is 6.79 Å². The molecule has 1 aliphatic rings. The van der Waals surface area contributed by atoms with Crippen molar-refractivity contribution in [2.24, 2.45) is 0 Å². The Morgan fingerprint density at radius 2 is 2.04 bits per heavy atom. The van der Waals surface area contributed by atoms with Crippen LogP contribution >= 0.6 is 15.9 Å². The van der Waals surface area contributed by atoms with Crippen LogP contribution in [0.2, 0.25) is 0 Å². The minimum Gasteiger partial charge on any atom is -0.508 e. The molecule has 0 aromatic heterocycles. The first-order valence-electron chi connectivity index (χ1n) is 8.51. The lowest BCUT2D eigenvalue weighted by Crippen LogP contribution is -2.29. The highest BCUT2D eigenvalue weighted by molar-refractivity contribution is 9.10. The predicted molar refractivity (Wildman–Crippen MR) is 104 cm³/mol. The van der Waals surface area contributed by atoms with Crippen LogP contribution in [0, 0.1) is 0 Å². The van der Waals surface area contributed by atoms with E-state index in [4.69, 9.17) is 18.9 Å². The molecule has 1 aliphatic heterocycles. The summed E-state index contributed by atoms with van der Waals surface area (Å²) in [6.45, 7) is -0.0406. The van der Waals surface area contributed by atoms with Gasteiger partial charge in [0.05, 0.1) is 0 Å². The van der Waals surface area contributed by atoms with E-state index in [1.54, 1.807) is 30.3 Å². The molecule has 8 nitrogen and oxygen atoms in total. The van der Waals surface area contributed by atoms with Gasteiger partial charge in [-0.05, 0) is 30.3 Å². The maximum absolute atomic E-state index is 12.5. The van der Waals surface area contributed by atoms with Gasteiger partial charge in [-0.15, -0.1) is 0 Å². The first kappa shape index (κ1) is 20.2. The maximum Gasteiger partial charge on any atom is 0.412 e. The molecule has 0 radical (unpaired) electrons. The summed E-state index contributed by atoms with van der Waals surface area (Å²) < 4.78 is 22.2. The van der Waals surface area contributed by atoms with Crippen molar-refractivity contribution in [3.63, 3.8) is 0 Å². The van der Waals surface area contributed by atoms with Crippen LogP contribution in [0.5, 0.6) is 17.2 Å². The zero-order chi connectivity index (χ0) is 20.1. The molecule has 2 atom stereocenters. The van der Waals surface area contributed by atoms with Crippen molar-refractivity contribution in [1.82, 2.24) is 0 Å². The zero-order valence-electron chi connectivity index (χ0n) is 15.1. The van der Waals surface area contributed by atoms with Crippen LogP contribution in [-0.2, 0) is 9.47 Å². The van der Waals surface area contributed by atoms with Crippen molar-refractivity contribution < 1.29 is 34.0 Å². The number of phenols is 1. The number of carbonyl (C=O) groups is 1. The number of carbonyl (C=O) groups excluding carboxylic acids is 1. The molecule has 150 valence electrons. The number of benzene rings is 2. The average molecular weight is 454 g/mol. The topological polar surface area (TPSA) is 106 Å². The molecule has 3 N–H and O–H groups in total. The number of hydrogen-bond acceptors (Lipinski definition) is 7. The van der Waals surface area contributed by atoms with Crippen LogP contribution in [-0.4, -0.2) is 42.9 Å². The summed E-state index contributed by atoms with van der Waals surface area (Å²) in [4.78, 5) is 12.5. The van der Waals surface area contributed by atoms with E-state index in [-0.39, 0.29) is 25.6 Å². The molecule has 2 aromatic carbocycles. The second kappa shape index (κ2) is 9.13. The summed E-state index contributed by atoms with van der Waals surface area (Å²) in [5.41, 5.74) is 0.818. The lowest BCUT2D eigenvalue weighted by molar-refractivity contribution is -0.0314. The van der Waals surface area contributed by atoms with Crippen molar-refractivity contribution in [2.45, 2.75) is 18.6 Å². The van der Waals surface area contributed by atoms with Crippen LogP contribution in [0.25, 0.3) is 0 Å². The molecule has 3 rings (SSSR count). The molecule has 2 aromatic rings. The van der Waals surface area contributed by atoms with E-state index in [0.717, 1.165) is 0 Å². The van der Waals surface area contributed by atoms with Crippen LogP contribution in [0.1, 0.15) is 18.1 Å². The summed E-state index contributed by atoms with van der Waals surface area (Å²) in [6, 6.07) is 9.74. The SMILES string of the molecule is CO[C@H](CCO)[C@H](OC(=O)Nc1ccc2c(c1)OCO2)c1cc(Br)ccc1O. The van der Waals surface area contributed by atoms with E-state index in [0.29, 0.717) is 27.2 Å². The Hall–Kier alpha value is -2.49. The standard InChI is InChI=1S/C19H20BrNO7/c1-25-16(6-7-22)18(13-8-11(20)2-4-14(13)23)28-19(24)21-12-3-5-15-17(9-12)27-10-26-15/h2-5,8-9,16,18,22-23H,6-7,10H2,1H3,(H,21,24)/t16-,18-/m1/s1. The minimum absolute atomic E-state index is 0.0518. The molecular formula is C19H20BrNO7. The lowest BCUT2D eigenvalue weighted by atomic mass is 10.0. The third-order valence-corrected chi connectivity index (χ3v) is 4.70. The number of aliphatic hydroxyl groups excluding tert-OH is 1. The fraction of sp³-hybridized carbons (Fsp3) is 0.316. The first-order chi connectivity index (χ1) is 13.5. The normalized spacial score (nSPS) is 14.4. The highest BCUT2D eigenvalue weighted by Crippen LogP contribution is 2.36. The van der Waals surface area contributed by atoms with E-state index >= 15 is 0 Å². The monoisotopic (exact) mass is 453 g/mol. The summed E-state index contributed by atoms with van der Waals surface area (Å²) >= 11 is 3.34.